The molecule has 0 aromatic carbocycles. The molecule has 0 amide bonds. The number of rotatable bonds is 3. The first-order valence-corrected chi connectivity index (χ1v) is 6.73. The van der Waals surface area contributed by atoms with Crippen LogP contribution in [0.15, 0.2) is 4.99 Å². The molecule has 10 heavy (non-hydrogen) atoms. The predicted octanol–water partition coefficient (Wildman–Crippen LogP) is 0.852. The van der Waals surface area contributed by atoms with Gasteiger partial charge in [0.1, 0.15) is 0 Å². The summed E-state index contributed by atoms with van der Waals surface area (Å²) in [5, 5.41) is 9.29. The molecule has 0 rings (SSSR count). The molecule has 0 aliphatic rings. The molecule has 1 N–H and O–H groups in total. The lowest BCUT2D eigenvalue weighted by Crippen LogP contribution is -2.25. The molecule has 0 bridgehead atoms. The second kappa shape index (κ2) is 4.63. The van der Waals surface area contributed by atoms with Crippen molar-refractivity contribution in [2.75, 3.05) is 0 Å². The minimum atomic E-state index is -0.917. The van der Waals surface area contributed by atoms with E-state index in [1.165, 1.54) is 0 Å². The Morgan fingerprint density at radius 1 is 1.40 bits per heavy atom. The van der Waals surface area contributed by atoms with E-state index >= 15 is 0 Å². The molecule has 1 atom stereocenters. The summed E-state index contributed by atoms with van der Waals surface area (Å²) >= 11 is 0. The first kappa shape index (κ1) is 9.85. The van der Waals surface area contributed by atoms with Gasteiger partial charge in [0.05, 0.1) is 14.5 Å². The average Bonchev–Trinajstić information content (AvgIpc) is 1.82. The van der Waals surface area contributed by atoms with Crippen LogP contribution in [0.4, 0.5) is 0 Å². The Hall–Kier alpha value is -0.153. The van der Waals surface area contributed by atoms with E-state index in [9.17, 15) is 5.11 Å². The van der Waals surface area contributed by atoms with Gasteiger partial charge < -0.3 is 5.11 Å². The Bertz CT molecular complexity index is 112. The lowest BCUT2D eigenvalue weighted by molar-refractivity contribution is 0.316. The highest BCUT2D eigenvalue weighted by atomic mass is 28.3. The molecule has 0 aliphatic heterocycles. The van der Waals surface area contributed by atoms with Crippen LogP contribution in [0.5, 0.6) is 0 Å². The molecule has 1 unspecified atom stereocenters. The van der Waals surface area contributed by atoms with Gasteiger partial charge in [-0.15, -0.1) is 0 Å². The highest BCUT2D eigenvalue weighted by Gasteiger charge is 2.05. The van der Waals surface area contributed by atoms with E-state index in [-0.39, 0.29) is 5.73 Å². The van der Waals surface area contributed by atoms with Crippen LogP contribution in [0.1, 0.15) is 13.8 Å². The smallest absolute Gasteiger partial charge is 0.0747 e. The number of hydrogen-bond donors (Lipinski definition) is 1. The Morgan fingerprint density at radius 2 is 1.90 bits per heavy atom. The molecule has 0 radical (unpaired) electrons. The van der Waals surface area contributed by atoms with Crippen molar-refractivity contribution in [3.05, 3.63) is 0 Å². The molecule has 0 heterocycles. The number of aliphatic hydroxyl groups excluding tert-OH is 1. The molecule has 0 fully saturated rings. The third kappa shape index (κ3) is 4.70. The molecule has 0 saturated heterocycles. The summed E-state index contributed by atoms with van der Waals surface area (Å²) in [7, 11) is -0.917. The molecule has 0 saturated carbocycles. The predicted molar refractivity (Wildman–Crippen MR) is 48.5 cm³/mol. The third-order valence-electron chi connectivity index (χ3n) is 1.22. The van der Waals surface area contributed by atoms with E-state index in [1.807, 2.05) is 13.8 Å². The van der Waals surface area contributed by atoms with Crippen molar-refractivity contribution in [3.63, 3.8) is 0 Å². The minimum Gasteiger partial charge on any atom is -0.391 e. The monoisotopic (exact) mass is 159 g/mol. The second-order valence-corrected chi connectivity index (χ2v) is 6.30. The van der Waals surface area contributed by atoms with E-state index in [4.69, 9.17) is 0 Å². The number of aliphatic imine (C=N–C) groups is 1. The van der Waals surface area contributed by atoms with Crippen molar-refractivity contribution in [3.8, 4) is 0 Å². The van der Waals surface area contributed by atoms with E-state index in [1.54, 1.807) is 6.21 Å². The Morgan fingerprint density at radius 3 is 2.20 bits per heavy atom. The molecule has 0 aliphatic carbocycles. The van der Waals surface area contributed by atoms with Crippen molar-refractivity contribution < 1.29 is 5.11 Å². The molecule has 0 spiro atoms. The molecule has 0 aromatic rings. The highest BCUT2D eigenvalue weighted by molar-refractivity contribution is 6.60. The molecule has 60 valence electrons. The van der Waals surface area contributed by atoms with E-state index in [0.29, 0.717) is 6.04 Å². The zero-order valence-electron chi connectivity index (χ0n) is 7.20. The van der Waals surface area contributed by atoms with Gasteiger partial charge in [-0.1, -0.05) is 13.1 Å². The lowest BCUT2D eigenvalue weighted by atomic mass is 10.4. The fourth-order valence-electron chi connectivity index (χ4n) is 0.432. The van der Waals surface area contributed by atoms with Gasteiger partial charge in [0.2, 0.25) is 0 Å². The molecular formula is C7H17NOSi. The topological polar surface area (TPSA) is 32.6 Å². The van der Waals surface area contributed by atoms with Crippen LogP contribution in [-0.4, -0.2) is 31.9 Å². The van der Waals surface area contributed by atoms with Crippen molar-refractivity contribution in [2.24, 2.45) is 4.99 Å². The van der Waals surface area contributed by atoms with Crippen molar-refractivity contribution in [1.29, 1.82) is 0 Å². The quantitative estimate of drug-likeness (QED) is 0.480. The summed E-state index contributed by atoms with van der Waals surface area (Å²) in [6.45, 7) is 8.23. The van der Waals surface area contributed by atoms with Gasteiger partial charge in [-0.2, -0.15) is 0 Å². The van der Waals surface area contributed by atoms with Gasteiger partial charge in [-0.05, 0) is 13.8 Å². The first-order chi connectivity index (χ1) is 4.54. The maximum absolute atomic E-state index is 9.29. The Kier molecular flexibility index (Phi) is 4.56. The summed E-state index contributed by atoms with van der Waals surface area (Å²) < 4.78 is 0. The number of aliphatic hydroxyl groups is 1. The third-order valence-corrected chi connectivity index (χ3v) is 2.76. The van der Waals surface area contributed by atoms with Gasteiger partial charge >= 0.3 is 0 Å². The second-order valence-electron chi connectivity index (χ2n) is 3.13. The van der Waals surface area contributed by atoms with E-state index in [0.717, 1.165) is 0 Å². The molecular weight excluding hydrogens is 142 g/mol. The van der Waals surface area contributed by atoms with Gasteiger partial charge in [-0.3, -0.25) is 4.99 Å². The SMILES string of the molecule is CC(C)N=CC(O)[SiH](C)C. The minimum absolute atomic E-state index is 0.248. The maximum Gasteiger partial charge on any atom is 0.0747 e. The molecule has 0 aromatic heterocycles. The Balaban J connectivity index is 3.66. The normalized spacial score (nSPS) is 15.5. The van der Waals surface area contributed by atoms with Crippen molar-refractivity contribution in [1.82, 2.24) is 0 Å². The summed E-state index contributed by atoms with van der Waals surface area (Å²) in [6.07, 6.45) is 1.68. The molecule has 2 nitrogen and oxygen atoms in total. The summed E-state index contributed by atoms with van der Waals surface area (Å²) in [4.78, 5) is 4.11. The van der Waals surface area contributed by atoms with Gasteiger partial charge in [-0.25, -0.2) is 0 Å². The largest absolute Gasteiger partial charge is 0.391 e. The summed E-state index contributed by atoms with van der Waals surface area (Å²) in [5.74, 6) is 0. The molecule has 3 heteroatoms. The zero-order chi connectivity index (χ0) is 8.15. The average molecular weight is 159 g/mol. The van der Waals surface area contributed by atoms with Crippen LogP contribution in [-0.2, 0) is 0 Å². The standard InChI is InChI=1S/C7H17NOSi/c1-6(2)8-5-7(9)10(3)4/h5-7,9-10H,1-4H3. The van der Waals surface area contributed by atoms with Gasteiger partial charge in [0, 0.05) is 12.3 Å². The van der Waals surface area contributed by atoms with Crippen LogP contribution in [0, 0.1) is 0 Å². The zero-order valence-corrected chi connectivity index (χ0v) is 8.36. The lowest BCUT2D eigenvalue weighted by Gasteiger charge is -2.06. The van der Waals surface area contributed by atoms with E-state index < -0.39 is 8.80 Å². The fraction of sp³-hybridized carbons (Fsp3) is 0.857. The van der Waals surface area contributed by atoms with Gasteiger partial charge in [0.25, 0.3) is 0 Å². The van der Waals surface area contributed by atoms with Crippen LogP contribution >= 0.6 is 0 Å². The van der Waals surface area contributed by atoms with Crippen LogP contribution < -0.4 is 0 Å². The van der Waals surface area contributed by atoms with Gasteiger partial charge in [0.15, 0.2) is 0 Å². The fourth-order valence-corrected chi connectivity index (χ4v) is 0.876. The summed E-state index contributed by atoms with van der Waals surface area (Å²) in [5.41, 5.74) is -0.248. The van der Waals surface area contributed by atoms with Crippen LogP contribution in [0.2, 0.25) is 13.1 Å². The van der Waals surface area contributed by atoms with Crippen LogP contribution in [0.25, 0.3) is 0 Å². The Labute approximate surface area is 64.6 Å². The van der Waals surface area contributed by atoms with Crippen molar-refractivity contribution >= 4 is 15.0 Å². The maximum atomic E-state index is 9.29. The summed E-state index contributed by atoms with van der Waals surface area (Å²) in [6, 6.07) is 0.308. The van der Waals surface area contributed by atoms with Crippen LogP contribution in [0.3, 0.4) is 0 Å². The first-order valence-electron chi connectivity index (χ1n) is 3.75. The van der Waals surface area contributed by atoms with E-state index in [2.05, 4.69) is 18.1 Å². The number of nitrogens with zero attached hydrogens (tertiary/aromatic N) is 1. The highest BCUT2D eigenvalue weighted by Crippen LogP contribution is 1.90. The number of hydrogen-bond acceptors (Lipinski definition) is 2. The van der Waals surface area contributed by atoms with Crippen molar-refractivity contribution in [2.45, 2.75) is 38.7 Å².